The van der Waals surface area contributed by atoms with E-state index in [-0.39, 0.29) is 0 Å². The van der Waals surface area contributed by atoms with Gasteiger partial charge in [-0.1, -0.05) is 33.1 Å². The van der Waals surface area contributed by atoms with Gasteiger partial charge in [-0.3, -0.25) is 0 Å². The van der Waals surface area contributed by atoms with Gasteiger partial charge in [-0.05, 0) is 12.8 Å². The summed E-state index contributed by atoms with van der Waals surface area (Å²) in [6, 6.07) is 0. The van der Waals surface area contributed by atoms with Crippen LogP contribution in [0.2, 0.25) is 0 Å². The fourth-order valence-electron chi connectivity index (χ4n) is 2.17. The fraction of sp³-hybridized carbons (Fsp3) is 1.00. The van der Waals surface area contributed by atoms with E-state index >= 15 is 0 Å². The minimum Gasteiger partial charge on any atom is -0.381 e. The van der Waals surface area contributed by atoms with E-state index < -0.39 is 0 Å². The second kappa shape index (κ2) is 6.41. The van der Waals surface area contributed by atoms with Gasteiger partial charge < -0.3 is 9.47 Å². The minimum atomic E-state index is 0.416. The topological polar surface area (TPSA) is 21.8 Å². The summed E-state index contributed by atoms with van der Waals surface area (Å²) in [7, 11) is 1.83. The molecule has 2 heteroatoms. The first-order chi connectivity index (χ1) is 6.83. The molecule has 14 heavy (non-hydrogen) atoms. The van der Waals surface area contributed by atoms with Crippen LogP contribution in [0.15, 0.2) is 0 Å². The van der Waals surface area contributed by atoms with Gasteiger partial charge in [0.15, 0.2) is 0 Å². The molecule has 0 aliphatic carbocycles. The third kappa shape index (κ3) is 3.58. The van der Waals surface area contributed by atoms with Crippen molar-refractivity contribution in [3.8, 4) is 0 Å². The molecule has 1 heterocycles. The molecule has 0 aromatic heterocycles. The highest BCUT2D eigenvalue weighted by molar-refractivity contribution is 4.84. The van der Waals surface area contributed by atoms with Crippen LogP contribution in [0.4, 0.5) is 0 Å². The highest BCUT2D eigenvalue weighted by Gasteiger charge is 2.36. The molecule has 84 valence electrons. The maximum Gasteiger partial charge on any atom is 0.0862 e. The molecule has 1 aliphatic heterocycles. The lowest BCUT2D eigenvalue weighted by Gasteiger charge is -2.23. The molecule has 0 spiro atoms. The maximum absolute atomic E-state index is 5.57. The van der Waals surface area contributed by atoms with Gasteiger partial charge in [0.25, 0.3) is 0 Å². The van der Waals surface area contributed by atoms with Gasteiger partial charge in [-0.2, -0.15) is 0 Å². The van der Waals surface area contributed by atoms with E-state index in [1.54, 1.807) is 0 Å². The molecule has 0 aromatic rings. The Balaban J connectivity index is 2.26. The number of methoxy groups -OCH3 is 1. The number of ether oxygens (including phenoxy) is 2. The molecule has 0 radical (unpaired) electrons. The van der Waals surface area contributed by atoms with Gasteiger partial charge >= 0.3 is 0 Å². The van der Waals surface area contributed by atoms with Crippen LogP contribution in [0.25, 0.3) is 0 Å². The Morgan fingerprint density at radius 3 is 2.50 bits per heavy atom. The maximum atomic E-state index is 5.57. The van der Waals surface area contributed by atoms with Crippen molar-refractivity contribution in [3.05, 3.63) is 0 Å². The average Bonchev–Trinajstić information content (AvgIpc) is 3.01. The molecule has 3 unspecified atom stereocenters. The van der Waals surface area contributed by atoms with Gasteiger partial charge in [0.1, 0.15) is 0 Å². The standard InChI is InChI=1S/C12H24O2/c1-4-6-7-8-11(13-3)10(5-2)12-9-14-12/h10-12H,4-9H2,1-3H3. The molecule has 0 saturated carbocycles. The van der Waals surface area contributed by atoms with Crippen LogP contribution >= 0.6 is 0 Å². The molecule has 1 fully saturated rings. The number of rotatable bonds is 8. The van der Waals surface area contributed by atoms with Gasteiger partial charge in [-0.15, -0.1) is 0 Å². The molecule has 0 bridgehead atoms. The Hall–Kier alpha value is -0.0800. The van der Waals surface area contributed by atoms with Crippen molar-refractivity contribution >= 4 is 0 Å². The number of epoxide rings is 1. The Labute approximate surface area is 88.0 Å². The number of hydrogen-bond acceptors (Lipinski definition) is 2. The lowest BCUT2D eigenvalue weighted by Crippen LogP contribution is -2.26. The Morgan fingerprint density at radius 2 is 2.07 bits per heavy atom. The van der Waals surface area contributed by atoms with E-state index in [4.69, 9.17) is 9.47 Å². The molecule has 0 aromatic carbocycles. The third-order valence-electron chi connectivity index (χ3n) is 3.18. The molecule has 0 amide bonds. The molecule has 1 rings (SSSR count). The van der Waals surface area contributed by atoms with Crippen LogP contribution in [0.3, 0.4) is 0 Å². The fourth-order valence-corrected chi connectivity index (χ4v) is 2.17. The Bertz CT molecular complexity index is 143. The first-order valence-corrected chi connectivity index (χ1v) is 5.97. The average molecular weight is 200 g/mol. The number of unbranched alkanes of at least 4 members (excludes halogenated alkanes) is 2. The van der Waals surface area contributed by atoms with E-state index in [0.717, 1.165) is 6.61 Å². The predicted molar refractivity (Wildman–Crippen MR) is 58.5 cm³/mol. The van der Waals surface area contributed by atoms with E-state index in [1.807, 2.05) is 7.11 Å². The second-order valence-corrected chi connectivity index (χ2v) is 4.21. The Morgan fingerprint density at radius 1 is 1.36 bits per heavy atom. The molecule has 2 nitrogen and oxygen atoms in total. The van der Waals surface area contributed by atoms with Crippen LogP contribution in [-0.4, -0.2) is 25.9 Å². The summed E-state index contributed by atoms with van der Waals surface area (Å²) in [5.74, 6) is 0.622. The van der Waals surface area contributed by atoms with Crippen molar-refractivity contribution in [2.75, 3.05) is 13.7 Å². The van der Waals surface area contributed by atoms with Crippen LogP contribution in [0.5, 0.6) is 0 Å². The summed E-state index contributed by atoms with van der Waals surface area (Å²) in [6.07, 6.45) is 7.18. The molecule has 3 atom stereocenters. The highest BCUT2D eigenvalue weighted by atomic mass is 16.6. The summed E-state index contributed by atoms with van der Waals surface area (Å²) in [4.78, 5) is 0. The van der Waals surface area contributed by atoms with Crippen LogP contribution in [0, 0.1) is 5.92 Å². The van der Waals surface area contributed by atoms with Gasteiger partial charge in [0, 0.05) is 13.0 Å². The van der Waals surface area contributed by atoms with Crippen molar-refractivity contribution in [1.29, 1.82) is 0 Å². The van der Waals surface area contributed by atoms with Crippen molar-refractivity contribution in [2.45, 2.75) is 58.2 Å². The Kier molecular flexibility index (Phi) is 5.49. The van der Waals surface area contributed by atoms with E-state index in [0.29, 0.717) is 18.1 Å². The lowest BCUT2D eigenvalue weighted by atomic mass is 9.92. The van der Waals surface area contributed by atoms with Crippen molar-refractivity contribution < 1.29 is 9.47 Å². The zero-order valence-corrected chi connectivity index (χ0v) is 9.79. The van der Waals surface area contributed by atoms with E-state index in [1.165, 1.54) is 32.1 Å². The first-order valence-electron chi connectivity index (χ1n) is 5.97. The summed E-state index contributed by atoms with van der Waals surface area (Å²) in [6.45, 7) is 5.42. The third-order valence-corrected chi connectivity index (χ3v) is 3.18. The largest absolute Gasteiger partial charge is 0.381 e. The molecular formula is C12H24O2. The minimum absolute atomic E-state index is 0.416. The zero-order valence-electron chi connectivity index (χ0n) is 9.79. The smallest absolute Gasteiger partial charge is 0.0862 e. The molecule has 1 saturated heterocycles. The molecular weight excluding hydrogens is 176 g/mol. The zero-order chi connectivity index (χ0) is 10.4. The van der Waals surface area contributed by atoms with Crippen LogP contribution < -0.4 is 0 Å². The van der Waals surface area contributed by atoms with Gasteiger partial charge in [0.05, 0.1) is 18.8 Å². The van der Waals surface area contributed by atoms with Crippen LogP contribution in [-0.2, 0) is 9.47 Å². The molecule has 0 N–H and O–H groups in total. The normalized spacial score (nSPS) is 24.6. The monoisotopic (exact) mass is 200 g/mol. The first kappa shape index (κ1) is 12.0. The van der Waals surface area contributed by atoms with Crippen molar-refractivity contribution in [1.82, 2.24) is 0 Å². The number of hydrogen-bond donors (Lipinski definition) is 0. The lowest BCUT2D eigenvalue weighted by molar-refractivity contribution is 0.0303. The van der Waals surface area contributed by atoms with Crippen LogP contribution in [0.1, 0.15) is 46.0 Å². The quantitative estimate of drug-likeness (QED) is 0.444. The summed E-state index contributed by atoms with van der Waals surface area (Å²) >= 11 is 0. The summed E-state index contributed by atoms with van der Waals surface area (Å²) in [5.41, 5.74) is 0. The highest BCUT2D eigenvalue weighted by Crippen LogP contribution is 2.29. The van der Waals surface area contributed by atoms with E-state index in [9.17, 15) is 0 Å². The summed E-state index contributed by atoms with van der Waals surface area (Å²) in [5, 5.41) is 0. The van der Waals surface area contributed by atoms with E-state index in [2.05, 4.69) is 13.8 Å². The predicted octanol–water partition coefficient (Wildman–Crippen LogP) is 3.01. The molecule has 1 aliphatic rings. The van der Waals surface area contributed by atoms with Crippen molar-refractivity contribution in [2.24, 2.45) is 5.92 Å². The second-order valence-electron chi connectivity index (χ2n) is 4.21. The SMILES string of the molecule is CCCCCC(OC)C(CC)C1CO1. The van der Waals surface area contributed by atoms with Crippen molar-refractivity contribution in [3.63, 3.8) is 0 Å². The summed E-state index contributed by atoms with van der Waals surface area (Å²) < 4.78 is 10.9. The van der Waals surface area contributed by atoms with Gasteiger partial charge in [0.2, 0.25) is 0 Å². The van der Waals surface area contributed by atoms with Gasteiger partial charge in [-0.25, -0.2) is 0 Å².